The van der Waals surface area contributed by atoms with Gasteiger partial charge in [-0.25, -0.2) is 0 Å². The molecule has 2 aliphatic heterocycles. The van der Waals surface area contributed by atoms with Gasteiger partial charge in [-0.15, -0.1) is 0 Å². The maximum absolute atomic E-state index is 12.8. The van der Waals surface area contributed by atoms with Gasteiger partial charge in [-0.05, 0) is 36.0 Å². The molecule has 2 aliphatic rings. The highest BCUT2D eigenvalue weighted by molar-refractivity contribution is 8.18. The predicted molar refractivity (Wildman–Crippen MR) is 134 cm³/mol. The smallest absolute Gasteiger partial charge is 0.294 e. The molecule has 0 aliphatic carbocycles. The Morgan fingerprint density at radius 3 is 2.60 bits per heavy atom. The summed E-state index contributed by atoms with van der Waals surface area (Å²) >= 11 is 12.6. The van der Waals surface area contributed by atoms with Crippen molar-refractivity contribution in [1.29, 1.82) is 0 Å². The first-order valence-electron chi connectivity index (χ1n) is 10.3. The first-order valence-corrected chi connectivity index (χ1v) is 11.9. The number of para-hydroxylation sites is 2. The molecule has 13 heteroatoms. The monoisotopic (exact) mass is 536 g/mol. The Morgan fingerprint density at radius 1 is 1.17 bits per heavy atom. The van der Waals surface area contributed by atoms with E-state index in [1.807, 2.05) is 12.1 Å². The van der Waals surface area contributed by atoms with Crippen LogP contribution in [0, 0.1) is 10.1 Å². The standard InChI is InChI=1S/C22H18Cl2N4O6S/c23-14-11-15(24)18(28(32)33)9-13(14)10-19-21(30)27(22(31)35-19)12-20(29)25-16-3-1-2-4-17(16)26-5-7-34-8-6-26/h1-4,9-11H,5-8,12H2,(H,25,29)/b19-10+. The van der Waals surface area contributed by atoms with Crippen LogP contribution < -0.4 is 10.2 Å². The van der Waals surface area contributed by atoms with Crippen LogP contribution in [0.4, 0.5) is 21.9 Å². The van der Waals surface area contributed by atoms with Gasteiger partial charge in [0.1, 0.15) is 11.6 Å². The number of amides is 3. The molecular formula is C22H18Cl2N4O6S. The fraction of sp³-hybridized carbons (Fsp3) is 0.227. The number of hydrogen-bond acceptors (Lipinski definition) is 8. The number of thioether (sulfide) groups is 1. The van der Waals surface area contributed by atoms with Crippen LogP contribution in [0.15, 0.2) is 41.3 Å². The second-order valence-electron chi connectivity index (χ2n) is 7.51. The van der Waals surface area contributed by atoms with Crippen molar-refractivity contribution in [3.8, 4) is 0 Å². The summed E-state index contributed by atoms with van der Waals surface area (Å²) < 4.78 is 5.37. The van der Waals surface area contributed by atoms with Crippen LogP contribution in [0.1, 0.15) is 5.56 Å². The van der Waals surface area contributed by atoms with Gasteiger partial charge in [-0.1, -0.05) is 35.3 Å². The lowest BCUT2D eigenvalue weighted by molar-refractivity contribution is -0.384. The zero-order valence-electron chi connectivity index (χ0n) is 18.0. The van der Waals surface area contributed by atoms with E-state index in [1.165, 1.54) is 12.1 Å². The summed E-state index contributed by atoms with van der Waals surface area (Å²) in [5.74, 6) is -1.25. The summed E-state index contributed by atoms with van der Waals surface area (Å²) in [5, 5.41) is 13.2. The van der Waals surface area contributed by atoms with Crippen LogP contribution in [-0.4, -0.2) is 59.7 Å². The molecular weight excluding hydrogens is 519 g/mol. The molecule has 3 amide bonds. The largest absolute Gasteiger partial charge is 0.378 e. The van der Waals surface area contributed by atoms with Crippen molar-refractivity contribution in [2.75, 3.05) is 43.1 Å². The second kappa shape index (κ2) is 10.6. The SMILES string of the molecule is O=C(CN1C(=O)S/C(=C/c2cc([N+](=O)[O-])c(Cl)cc2Cl)C1=O)Nc1ccccc1N1CCOCC1. The Hall–Kier alpha value is -3.12. The number of benzene rings is 2. The molecule has 0 atom stereocenters. The predicted octanol–water partition coefficient (Wildman–Crippen LogP) is 4.41. The maximum atomic E-state index is 12.8. The van der Waals surface area contributed by atoms with Crippen molar-refractivity contribution < 1.29 is 24.0 Å². The number of carbonyl (C=O) groups is 3. The van der Waals surface area contributed by atoms with Crippen molar-refractivity contribution in [1.82, 2.24) is 4.90 Å². The number of hydrogen-bond donors (Lipinski definition) is 1. The highest BCUT2D eigenvalue weighted by Gasteiger charge is 2.36. The lowest BCUT2D eigenvalue weighted by Gasteiger charge is -2.30. The van der Waals surface area contributed by atoms with E-state index in [0.717, 1.165) is 16.7 Å². The number of ether oxygens (including phenoxy) is 1. The lowest BCUT2D eigenvalue weighted by Crippen LogP contribution is -2.38. The van der Waals surface area contributed by atoms with E-state index in [-0.39, 0.29) is 26.2 Å². The number of nitrogens with one attached hydrogen (secondary N) is 1. The minimum absolute atomic E-state index is 0.0185. The molecule has 2 heterocycles. The molecule has 10 nitrogen and oxygen atoms in total. The van der Waals surface area contributed by atoms with Crippen molar-refractivity contribution in [2.24, 2.45) is 0 Å². The van der Waals surface area contributed by atoms with E-state index in [0.29, 0.717) is 43.8 Å². The van der Waals surface area contributed by atoms with Gasteiger partial charge in [0, 0.05) is 29.7 Å². The second-order valence-corrected chi connectivity index (χ2v) is 9.32. The van der Waals surface area contributed by atoms with Crippen LogP contribution >= 0.6 is 35.0 Å². The number of imide groups is 1. The van der Waals surface area contributed by atoms with Crippen molar-refractivity contribution in [3.05, 3.63) is 67.0 Å². The first-order chi connectivity index (χ1) is 16.7. The van der Waals surface area contributed by atoms with E-state index in [9.17, 15) is 24.5 Å². The van der Waals surface area contributed by atoms with Gasteiger partial charge in [0.05, 0.1) is 34.4 Å². The number of nitro benzene ring substituents is 1. The van der Waals surface area contributed by atoms with E-state index >= 15 is 0 Å². The summed E-state index contributed by atoms with van der Waals surface area (Å²) in [6.45, 7) is 2.00. The van der Waals surface area contributed by atoms with E-state index in [4.69, 9.17) is 27.9 Å². The molecule has 4 rings (SSSR count). The topological polar surface area (TPSA) is 122 Å². The minimum Gasteiger partial charge on any atom is -0.378 e. The van der Waals surface area contributed by atoms with E-state index in [2.05, 4.69) is 10.2 Å². The number of rotatable bonds is 6. The number of carbonyl (C=O) groups excluding carboxylic acids is 3. The van der Waals surface area contributed by atoms with Crippen LogP contribution in [0.25, 0.3) is 6.08 Å². The fourth-order valence-corrected chi connectivity index (χ4v) is 4.91. The number of halogens is 2. The summed E-state index contributed by atoms with van der Waals surface area (Å²) in [4.78, 5) is 51.4. The number of morpholine rings is 1. The van der Waals surface area contributed by atoms with Gasteiger partial charge in [0.25, 0.3) is 16.8 Å². The third-order valence-electron chi connectivity index (χ3n) is 5.25. The Balaban J connectivity index is 1.49. The Labute approximate surface area is 213 Å². The molecule has 2 saturated heterocycles. The minimum atomic E-state index is -0.703. The average Bonchev–Trinajstić information content (AvgIpc) is 3.08. The number of nitro groups is 1. The summed E-state index contributed by atoms with van der Waals surface area (Å²) in [6, 6.07) is 9.56. The van der Waals surface area contributed by atoms with Crippen molar-refractivity contribution in [3.63, 3.8) is 0 Å². The van der Waals surface area contributed by atoms with Crippen LogP contribution in [0.3, 0.4) is 0 Å². The van der Waals surface area contributed by atoms with Gasteiger partial charge in [0.2, 0.25) is 5.91 Å². The molecule has 2 aromatic rings. The van der Waals surface area contributed by atoms with E-state index in [1.54, 1.807) is 12.1 Å². The Bertz CT molecular complexity index is 1250. The molecule has 0 bridgehead atoms. The highest BCUT2D eigenvalue weighted by Crippen LogP contribution is 2.36. The molecule has 0 spiro atoms. The fourth-order valence-electron chi connectivity index (χ4n) is 3.57. The van der Waals surface area contributed by atoms with Crippen molar-refractivity contribution >= 4 is 75.2 Å². The summed E-state index contributed by atoms with van der Waals surface area (Å²) in [6.07, 6.45) is 1.27. The number of nitrogens with zero attached hydrogens (tertiary/aromatic N) is 3. The first kappa shape index (κ1) is 25.0. The average molecular weight is 537 g/mol. The number of anilines is 2. The molecule has 2 fully saturated rings. The molecule has 0 saturated carbocycles. The quantitative estimate of drug-likeness (QED) is 0.327. The summed E-state index contributed by atoms with van der Waals surface area (Å²) in [5.41, 5.74) is 1.14. The maximum Gasteiger partial charge on any atom is 0.294 e. The van der Waals surface area contributed by atoms with Crippen LogP contribution in [0.5, 0.6) is 0 Å². The zero-order valence-corrected chi connectivity index (χ0v) is 20.4. The summed E-state index contributed by atoms with van der Waals surface area (Å²) in [7, 11) is 0. The third kappa shape index (κ3) is 5.59. The van der Waals surface area contributed by atoms with Gasteiger partial charge < -0.3 is 15.0 Å². The third-order valence-corrected chi connectivity index (χ3v) is 6.79. The van der Waals surface area contributed by atoms with Crippen molar-refractivity contribution in [2.45, 2.75) is 0 Å². The van der Waals surface area contributed by atoms with Crippen LogP contribution in [0.2, 0.25) is 10.0 Å². The lowest BCUT2D eigenvalue weighted by atomic mass is 10.2. The van der Waals surface area contributed by atoms with Gasteiger partial charge in [0.15, 0.2) is 0 Å². The van der Waals surface area contributed by atoms with Gasteiger partial charge >= 0.3 is 0 Å². The molecule has 0 aromatic heterocycles. The Morgan fingerprint density at radius 2 is 1.89 bits per heavy atom. The van der Waals surface area contributed by atoms with Crippen LogP contribution in [-0.2, 0) is 14.3 Å². The molecule has 35 heavy (non-hydrogen) atoms. The Kier molecular flexibility index (Phi) is 7.60. The normalized spacial score (nSPS) is 17.3. The zero-order chi connectivity index (χ0) is 25.1. The highest BCUT2D eigenvalue weighted by atomic mass is 35.5. The molecule has 0 unspecified atom stereocenters. The molecule has 1 N–H and O–H groups in total. The van der Waals surface area contributed by atoms with Gasteiger partial charge in [-0.2, -0.15) is 0 Å². The molecule has 0 radical (unpaired) electrons. The molecule has 2 aromatic carbocycles. The van der Waals surface area contributed by atoms with E-state index < -0.39 is 28.5 Å². The molecule has 182 valence electrons. The van der Waals surface area contributed by atoms with Gasteiger partial charge in [-0.3, -0.25) is 29.4 Å².